The number of alkyl halides is 3. The van der Waals surface area contributed by atoms with Crippen LogP contribution < -0.4 is 5.32 Å². The maximum atomic E-state index is 12.6. The SMILES string of the molecule is C=N/C(=C\C=NCCn1c(CNC)cc2ccc(S(C)(=O)=O)cc21)C(F)(F)F.CCC. The topological polar surface area (TPSA) is 75.8 Å². The smallest absolute Gasteiger partial charge is 0.341 e. The fraction of sp³-hybridized carbons (Fsp3) is 0.429. The van der Waals surface area contributed by atoms with E-state index in [1.54, 1.807) is 25.2 Å². The quantitative estimate of drug-likeness (QED) is 0.596. The summed E-state index contributed by atoms with van der Waals surface area (Å²) in [5, 5.41) is 3.91. The Bertz CT molecular complexity index is 1040. The first-order chi connectivity index (χ1) is 14.5. The van der Waals surface area contributed by atoms with Crippen molar-refractivity contribution in [2.45, 2.75) is 44.4 Å². The van der Waals surface area contributed by atoms with Gasteiger partial charge in [0.1, 0.15) is 5.70 Å². The summed E-state index contributed by atoms with van der Waals surface area (Å²) in [6.07, 6.45) is -0.384. The van der Waals surface area contributed by atoms with Crippen LogP contribution in [0.1, 0.15) is 26.0 Å². The molecule has 172 valence electrons. The third kappa shape index (κ3) is 7.95. The van der Waals surface area contributed by atoms with Crippen LogP contribution in [-0.4, -0.2) is 51.9 Å². The molecule has 1 heterocycles. The highest BCUT2D eigenvalue weighted by Crippen LogP contribution is 2.26. The van der Waals surface area contributed by atoms with Crippen molar-refractivity contribution in [1.82, 2.24) is 9.88 Å². The molecule has 1 aromatic heterocycles. The summed E-state index contributed by atoms with van der Waals surface area (Å²) in [7, 11) is -1.57. The molecule has 31 heavy (non-hydrogen) atoms. The molecule has 0 fully saturated rings. The highest BCUT2D eigenvalue weighted by molar-refractivity contribution is 7.90. The summed E-state index contributed by atoms with van der Waals surface area (Å²) in [4.78, 5) is 7.12. The van der Waals surface area contributed by atoms with Crippen molar-refractivity contribution in [1.29, 1.82) is 0 Å². The molecule has 0 aliphatic heterocycles. The van der Waals surface area contributed by atoms with Crippen molar-refractivity contribution in [2.75, 3.05) is 19.8 Å². The number of hydrogen-bond donors (Lipinski definition) is 1. The Morgan fingerprint density at radius 2 is 1.90 bits per heavy atom. The Hall–Kier alpha value is -2.46. The third-order valence-electron chi connectivity index (χ3n) is 4.00. The van der Waals surface area contributed by atoms with Gasteiger partial charge in [-0.3, -0.25) is 9.98 Å². The summed E-state index contributed by atoms with van der Waals surface area (Å²) < 4.78 is 63.3. The Labute approximate surface area is 181 Å². The van der Waals surface area contributed by atoms with Crippen LogP contribution >= 0.6 is 0 Å². The van der Waals surface area contributed by atoms with Gasteiger partial charge in [0.05, 0.1) is 11.4 Å². The molecule has 0 bridgehead atoms. The van der Waals surface area contributed by atoms with Gasteiger partial charge in [-0.15, -0.1) is 0 Å². The molecule has 0 spiro atoms. The fourth-order valence-corrected chi connectivity index (χ4v) is 3.35. The number of allylic oxidation sites excluding steroid dienone is 2. The van der Waals surface area contributed by atoms with Crippen LogP contribution in [0.15, 0.2) is 50.9 Å². The van der Waals surface area contributed by atoms with E-state index < -0.39 is 21.7 Å². The van der Waals surface area contributed by atoms with E-state index in [1.807, 2.05) is 10.6 Å². The number of halogens is 3. The van der Waals surface area contributed by atoms with Crippen molar-refractivity contribution >= 4 is 33.7 Å². The standard InChI is InChI=1S/C18H21F3N4O2S.C3H8/c1-22-12-14-10-13-4-5-15(28(3,26)27)11-16(13)25(14)9-8-24-7-6-17(23-2)18(19,20)21;1-3-2/h4-7,10-11,22H,2,8-9,12H2,1,3H3;3H2,1-2H3/b17-6-,24-7?;. The van der Waals surface area contributed by atoms with E-state index in [2.05, 4.69) is 35.9 Å². The van der Waals surface area contributed by atoms with Crippen LogP contribution in [0.2, 0.25) is 0 Å². The summed E-state index contributed by atoms with van der Waals surface area (Å²) >= 11 is 0. The first kappa shape index (κ1) is 26.6. The maximum Gasteiger partial charge on any atom is 0.433 e. The molecule has 10 heteroatoms. The second kappa shape index (κ2) is 11.8. The Morgan fingerprint density at radius 1 is 1.26 bits per heavy atom. The zero-order chi connectivity index (χ0) is 23.7. The molecule has 6 nitrogen and oxygen atoms in total. The molecule has 1 aromatic carbocycles. The zero-order valence-corrected chi connectivity index (χ0v) is 19.0. The van der Waals surface area contributed by atoms with Crippen LogP contribution in [0.25, 0.3) is 10.9 Å². The number of benzene rings is 1. The number of nitrogens with one attached hydrogen (secondary N) is 1. The molecule has 0 amide bonds. The van der Waals surface area contributed by atoms with Crippen molar-refractivity contribution in [2.24, 2.45) is 9.98 Å². The van der Waals surface area contributed by atoms with E-state index in [0.717, 1.165) is 35.1 Å². The van der Waals surface area contributed by atoms with E-state index in [1.165, 1.54) is 6.42 Å². The van der Waals surface area contributed by atoms with Gasteiger partial charge in [-0.1, -0.05) is 26.3 Å². The molecule has 0 aliphatic carbocycles. The van der Waals surface area contributed by atoms with Crippen molar-refractivity contribution in [3.05, 3.63) is 41.7 Å². The second-order valence-electron chi connectivity index (χ2n) is 6.78. The predicted molar refractivity (Wildman–Crippen MR) is 121 cm³/mol. The van der Waals surface area contributed by atoms with E-state index in [9.17, 15) is 21.6 Å². The van der Waals surface area contributed by atoms with Crippen LogP contribution in [-0.2, 0) is 22.9 Å². The number of aromatic nitrogens is 1. The lowest BCUT2D eigenvalue weighted by molar-refractivity contribution is -0.0920. The minimum atomic E-state index is -4.58. The summed E-state index contributed by atoms with van der Waals surface area (Å²) in [5.74, 6) is 0. The molecular formula is C21H29F3N4O2S. The van der Waals surface area contributed by atoms with E-state index >= 15 is 0 Å². The van der Waals surface area contributed by atoms with Crippen LogP contribution in [0.3, 0.4) is 0 Å². The Kier molecular flexibility index (Phi) is 10.1. The van der Waals surface area contributed by atoms with Crippen molar-refractivity contribution in [3.63, 3.8) is 0 Å². The van der Waals surface area contributed by atoms with E-state index in [4.69, 9.17) is 0 Å². The Morgan fingerprint density at radius 3 is 2.42 bits per heavy atom. The number of nitrogens with zero attached hydrogens (tertiary/aromatic N) is 3. The molecular weight excluding hydrogens is 429 g/mol. The van der Waals surface area contributed by atoms with Gasteiger partial charge in [0.15, 0.2) is 9.84 Å². The van der Waals surface area contributed by atoms with Gasteiger partial charge in [-0.25, -0.2) is 8.42 Å². The Balaban J connectivity index is 0.00000151. The highest BCUT2D eigenvalue weighted by atomic mass is 32.2. The van der Waals surface area contributed by atoms with Crippen LogP contribution in [0.5, 0.6) is 0 Å². The molecule has 0 saturated heterocycles. The van der Waals surface area contributed by atoms with Gasteiger partial charge in [-0.2, -0.15) is 13.2 Å². The monoisotopic (exact) mass is 458 g/mol. The van der Waals surface area contributed by atoms with Gasteiger partial charge < -0.3 is 9.88 Å². The first-order valence-electron chi connectivity index (χ1n) is 9.70. The van der Waals surface area contributed by atoms with Crippen molar-refractivity contribution < 1.29 is 21.6 Å². The second-order valence-corrected chi connectivity index (χ2v) is 8.80. The highest BCUT2D eigenvalue weighted by Gasteiger charge is 2.32. The normalized spacial score (nSPS) is 12.8. The van der Waals surface area contributed by atoms with E-state index in [-0.39, 0.29) is 11.4 Å². The molecule has 2 aromatic rings. The van der Waals surface area contributed by atoms with Gasteiger partial charge in [0, 0.05) is 36.8 Å². The van der Waals surface area contributed by atoms with Gasteiger partial charge in [-0.05, 0) is 43.4 Å². The lowest BCUT2D eigenvalue weighted by atomic mass is 10.2. The van der Waals surface area contributed by atoms with Crippen LogP contribution in [0, 0.1) is 0 Å². The zero-order valence-electron chi connectivity index (χ0n) is 18.2. The third-order valence-corrected chi connectivity index (χ3v) is 5.11. The fourth-order valence-electron chi connectivity index (χ4n) is 2.71. The first-order valence-corrected chi connectivity index (χ1v) is 11.6. The molecule has 0 aliphatic rings. The van der Waals surface area contributed by atoms with E-state index in [0.29, 0.717) is 13.1 Å². The molecule has 0 atom stereocenters. The van der Waals surface area contributed by atoms with Crippen LogP contribution in [0.4, 0.5) is 13.2 Å². The van der Waals surface area contributed by atoms with Crippen molar-refractivity contribution in [3.8, 4) is 0 Å². The number of sulfone groups is 1. The molecule has 0 radical (unpaired) electrons. The summed E-state index contributed by atoms with van der Waals surface area (Å²) in [6.45, 7) is 8.28. The molecule has 2 rings (SSSR count). The predicted octanol–water partition coefficient (Wildman–Crippen LogP) is 4.40. The van der Waals surface area contributed by atoms with Gasteiger partial charge >= 0.3 is 6.18 Å². The average Bonchev–Trinajstić information content (AvgIpc) is 3.00. The largest absolute Gasteiger partial charge is 0.433 e. The lowest BCUT2D eigenvalue weighted by Crippen LogP contribution is -2.12. The maximum absolute atomic E-state index is 12.6. The number of hydrogen-bond acceptors (Lipinski definition) is 5. The number of rotatable bonds is 8. The lowest BCUT2D eigenvalue weighted by Gasteiger charge is -2.10. The summed E-state index contributed by atoms with van der Waals surface area (Å²) in [5.41, 5.74) is 0.525. The minimum absolute atomic E-state index is 0.202. The molecule has 0 saturated carbocycles. The van der Waals surface area contributed by atoms with Gasteiger partial charge in [0.25, 0.3) is 0 Å². The molecule has 0 unspecified atom stereocenters. The minimum Gasteiger partial charge on any atom is -0.341 e. The summed E-state index contributed by atoms with van der Waals surface area (Å²) in [6, 6.07) is 6.82. The average molecular weight is 459 g/mol. The molecule has 1 N–H and O–H groups in total. The number of aliphatic imine (C=N–C) groups is 2. The van der Waals surface area contributed by atoms with Gasteiger partial charge in [0.2, 0.25) is 0 Å². The number of fused-ring (bicyclic) bond motifs is 1.